The second-order valence-corrected chi connectivity index (χ2v) is 6.65. The summed E-state index contributed by atoms with van der Waals surface area (Å²) < 4.78 is 17.9. The monoisotopic (exact) mass is 418 g/mol. The molecule has 4 aromatic rings. The van der Waals surface area contributed by atoms with Gasteiger partial charge in [-0.25, -0.2) is 0 Å². The Kier molecular flexibility index (Phi) is 5.53. The van der Waals surface area contributed by atoms with Crippen LogP contribution in [0.15, 0.2) is 79.0 Å². The van der Waals surface area contributed by atoms with Crippen LogP contribution >= 0.6 is 0 Å². The first-order chi connectivity index (χ1) is 15.0. The van der Waals surface area contributed by atoms with Gasteiger partial charge in [-0.05, 0) is 17.7 Å². The molecule has 0 saturated carbocycles. The Morgan fingerprint density at radius 1 is 0.935 bits per heavy atom. The maximum atomic E-state index is 12.4. The summed E-state index contributed by atoms with van der Waals surface area (Å²) in [7, 11) is 1.52. The molecule has 0 spiro atoms. The maximum absolute atomic E-state index is 12.4. The summed E-state index contributed by atoms with van der Waals surface area (Å²) in [6, 6.07) is 20.1. The van der Waals surface area contributed by atoms with Crippen LogP contribution in [0.5, 0.6) is 23.0 Å². The van der Waals surface area contributed by atoms with Crippen molar-refractivity contribution in [2.24, 2.45) is 0 Å². The van der Waals surface area contributed by atoms with Gasteiger partial charge in [0.2, 0.25) is 5.52 Å². The van der Waals surface area contributed by atoms with Gasteiger partial charge in [0.05, 0.1) is 23.5 Å². The molecule has 156 valence electrons. The molecule has 0 amide bonds. The van der Waals surface area contributed by atoms with E-state index in [9.17, 15) is 15.3 Å². The van der Waals surface area contributed by atoms with Gasteiger partial charge in [-0.2, -0.15) is 4.73 Å². The van der Waals surface area contributed by atoms with Gasteiger partial charge in [0, 0.05) is 24.3 Å². The number of nitro groups is 1. The number of nitro benzene ring substituents is 1. The van der Waals surface area contributed by atoms with E-state index in [1.165, 1.54) is 43.6 Å². The molecule has 0 radical (unpaired) electrons. The zero-order valence-corrected chi connectivity index (χ0v) is 16.6. The van der Waals surface area contributed by atoms with E-state index in [1.54, 1.807) is 12.1 Å². The Morgan fingerprint density at radius 2 is 1.68 bits per heavy atom. The first kappa shape index (κ1) is 20.0. The molecule has 0 aliphatic rings. The first-order valence-corrected chi connectivity index (χ1v) is 9.38. The molecule has 0 N–H and O–H groups in total. The summed E-state index contributed by atoms with van der Waals surface area (Å²) in [5, 5.41) is 23.8. The minimum absolute atomic E-state index is 0.0375. The van der Waals surface area contributed by atoms with Crippen molar-refractivity contribution in [2.45, 2.75) is 6.61 Å². The molecular formula is C23H18N2O6. The standard InChI is InChI=1S/C23H18N2O6/c1-29-22-13-19-20(14-23(22)30-15-16-5-3-2-4-6-16)24(26)12-11-21(19)31-18-9-7-17(8-10-18)25(27)28/h2-14H,15H2,1H3. The number of nitrogens with zero attached hydrogens (tertiary/aromatic N) is 2. The average molecular weight is 418 g/mol. The molecule has 0 fully saturated rings. The van der Waals surface area contributed by atoms with Crippen LogP contribution in [0.3, 0.4) is 0 Å². The molecule has 0 aliphatic heterocycles. The molecule has 1 heterocycles. The first-order valence-electron chi connectivity index (χ1n) is 9.38. The summed E-state index contributed by atoms with van der Waals surface area (Å²) in [5.41, 5.74) is 1.28. The Morgan fingerprint density at radius 3 is 2.35 bits per heavy atom. The van der Waals surface area contributed by atoms with Crippen LogP contribution in [-0.2, 0) is 6.61 Å². The molecule has 0 unspecified atom stereocenters. The molecular weight excluding hydrogens is 400 g/mol. The molecule has 3 aromatic carbocycles. The summed E-state index contributed by atoms with van der Waals surface area (Å²) >= 11 is 0. The summed E-state index contributed by atoms with van der Waals surface area (Å²) in [4.78, 5) is 10.3. The number of ether oxygens (including phenoxy) is 3. The van der Waals surface area contributed by atoms with Crippen molar-refractivity contribution in [3.8, 4) is 23.0 Å². The van der Waals surface area contributed by atoms with Crippen LogP contribution in [0.4, 0.5) is 5.69 Å². The number of hydrogen-bond donors (Lipinski definition) is 0. The van der Waals surface area contributed by atoms with Crippen molar-refractivity contribution in [2.75, 3.05) is 7.11 Å². The molecule has 31 heavy (non-hydrogen) atoms. The maximum Gasteiger partial charge on any atom is 0.269 e. The van der Waals surface area contributed by atoms with Crippen molar-refractivity contribution in [1.29, 1.82) is 0 Å². The van der Waals surface area contributed by atoms with Crippen molar-refractivity contribution in [3.05, 3.63) is 99.9 Å². The molecule has 0 bridgehead atoms. The summed E-state index contributed by atoms with van der Waals surface area (Å²) in [5.74, 6) is 1.68. The smallest absolute Gasteiger partial charge is 0.269 e. The minimum Gasteiger partial charge on any atom is -0.618 e. The van der Waals surface area contributed by atoms with Crippen LogP contribution < -0.4 is 18.9 Å². The van der Waals surface area contributed by atoms with Crippen molar-refractivity contribution in [3.63, 3.8) is 0 Å². The highest BCUT2D eigenvalue weighted by atomic mass is 16.6. The Hall–Kier alpha value is -4.33. The van der Waals surface area contributed by atoms with Crippen LogP contribution in [0, 0.1) is 15.3 Å². The number of pyridine rings is 1. The second-order valence-electron chi connectivity index (χ2n) is 6.65. The van der Waals surface area contributed by atoms with Gasteiger partial charge in [-0.3, -0.25) is 10.1 Å². The van der Waals surface area contributed by atoms with Gasteiger partial charge >= 0.3 is 0 Å². The van der Waals surface area contributed by atoms with Crippen LogP contribution in [0.1, 0.15) is 5.56 Å². The average Bonchev–Trinajstić information content (AvgIpc) is 2.80. The van der Waals surface area contributed by atoms with E-state index in [2.05, 4.69) is 0 Å². The largest absolute Gasteiger partial charge is 0.618 e. The molecule has 8 heteroatoms. The predicted octanol–water partition coefficient (Wildman–Crippen LogP) is 4.76. The highest BCUT2D eigenvalue weighted by molar-refractivity contribution is 5.86. The molecule has 4 rings (SSSR count). The fourth-order valence-electron chi connectivity index (χ4n) is 3.09. The van der Waals surface area contributed by atoms with Crippen molar-refractivity contribution >= 4 is 16.6 Å². The molecule has 0 aliphatic carbocycles. The van der Waals surface area contributed by atoms with E-state index in [0.29, 0.717) is 45.2 Å². The van der Waals surface area contributed by atoms with E-state index in [1.807, 2.05) is 30.3 Å². The van der Waals surface area contributed by atoms with E-state index >= 15 is 0 Å². The Labute approximate surface area is 177 Å². The van der Waals surface area contributed by atoms with Gasteiger partial charge in [0.15, 0.2) is 17.7 Å². The minimum atomic E-state index is -0.482. The van der Waals surface area contributed by atoms with Gasteiger partial charge in [-0.1, -0.05) is 30.3 Å². The fraction of sp³-hybridized carbons (Fsp3) is 0.0870. The van der Waals surface area contributed by atoms with Gasteiger partial charge in [0.1, 0.15) is 18.1 Å². The molecule has 0 atom stereocenters. The lowest BCUT2D eigenvalue weighted by molar-refractivity contribution is -0.577. The van der Waals surface area contributed by atoms with Crippen LogP contribution in [0.2, 0.25) is 0 Å². The Bertz CT molecular complexity index is 1230. The van der Waals surface area contributed by atoms with Gasteiger partial charge < -0.3 is 19.4 Å². The number of fused-ring (bicyclic) bond motifs is 1. The Balaban J connectivity index is 1.67. The van der Waals surface area contributed by atoms with E-state index in [-0.39, 0.29) is 5.69 Å². The number of aromatic nitrogens is 1. The summed E-state index contributed by atoms with van der Waals surface area (Å²) in [6.07, 6.45) is 1.33. The van der Waals surface area contributed by atoms with Crippen LogP contribution in [0.25, 0.3) is 10.9 Å². The topological polar surface area (TPSA) is 97.8 Å². The zero-order valence-electron chi connectivity index (χ0n) is 16.6. The summed E-state index contributed by atoms with van der Waals surface area (Å²) in [6.45, 7) is 0.320. The van der Waals surface area contributed by atoms with Crippen molar-refractivity contribution in [1.82, 2.24) is 0 Å². The number of benzene rings is 3. The third-order valence-electron chi connectivity index (χ3n) is 4.66. The highest BCUT2D eigenvalue weighted by Gasteiger charge is 2.17. The predicted molar refractivity (Wildman–Crippen MR) is 113 cm³/mol. The SMILES string of the molecule is COc1cc2c(Oc3ccc([N+](=O)[O-])cc3)cc[n+]([O-])c2cc1OCc1ccccc1. The van der Waals surface area contributed by atoms with E-state index in [0.717, 1.165) is 5.56 Å². The lowest BCUT2D eigenvalue weighted by Crippen LogP contribution is -2.26. The number of hydrogen-bond acceptors (Lipinski definition) is 6. The van der Waals surface area contributed by atoms with Gasteiger partial charge in [-0.15, -0.1) is 0 Å². The second kappa shape index (κ2) is 8.58. The van der Waals surface area contributed by atoms with Crippen LogP contribution in [-0.4, -0.2) is 12.0 Å². The number of methoxy groups -OCH3 is 1. The fourth-order valence-corrected chi connectivity index (χ4v) is 3.09. The van der Waals surface area contributed by atoms with Crippen molar-refractivity contribution < 1.29 is 23.9 Å². The quantitative estimate of drug-likeness (QED) is 0.186. The normalized spacial score (nSPS) is 10.6. The molecule has 8 nitrogen and oxygen atoms in total. The number of rotatable bonds is 7. The lowest BCUT2D eigenvalue weighted by Gasteiger charge is -2.14. The molecule has 0 saturated heterocycles. The van der Waals surface area contributed by atoms with E-state index < -0.39 is 4.92 Å². The zero-order chi connectivity index (χ0) is 21.8. The third kappa shape index (κ3) is 4.32. The third-order valence-corrected chi connectivity index (χ3v) is 4.66. The van der Waals surface area contributed by atoms with E-state index in [4.69, 9.17) is 14.2 Å². The van der Waals surface area contributed by atoms with Gasteiger partial charge in [0.25, 0.3) is 5.69 Å². The molecule has 1 aromatic heterocycles. The highest BCUT2D eigenvalue weighted by Crippen LogP contribution is 2.37. The lowest BCUT2D eigenvalue weighted by atomic mass is 10.1. The number of non-ortho nitro benzene ring substituents is 1.